The van der Waals surface area contributed by atoms with E-state index in [0.29, 0.717) is 17.7 Å². The molecule has 4 nitrogen and oxygen atoms in total. The summed E-state index contributed by atoms with van der Waals surface area (Å²) in [6.07, 6.45) is 0.373. The third-order valence-corrected chi connectivity index (χ3v) is 4.35. The minimum absolute atomic E-state index is 0.0334. The lowest BCUT2D eigenvalue weighted by atomic mass is 10.1. The maximum atomic E-state index is 13.2. The highest BCUT2D eigenvalue weighted by molar-refractivity contribution is 5.44. The van der Waals surface area contributed by atoms with Gasteiger partial charge in [0.2, 0.25) is 5.88 Å². The fourth-order valence-electron chi connectivity index (χ4n) is 3.10. The maximum absolute atomic E-state index is 13.2. The summed E-state index contributed by atoms with van der Waals surface area (Å²) in [5, 5.41) is 10.9. The van der Waals surface area contributed by atoms with Gasteiger partial charge in [-0.3, -0.25) is 4.79 Å². The van der Waals surface area contributed by atoms with Crippen LogP contribution < -0.4 is 5.56 Å². The second kappa shape index (κ2) is 6.76. The van der Waals surface area contributed by atoms with Gasteiger partial charge in [-0.25, -0.2) is 9.36 Å². The number of aromatic nitrogens is 2. The Morgan fingerprint density at radius 3 is 1.65 bits per heavy atom. The number of para-hydroxylation sites is 2. The molecule has 0 aliphatic rings. The molecule has 0 aliphatic heterocycles. The molecule has 3 aromatic carbocycles. The van der Waals surface area contributed by atoms with E-state index in [1.54, 1.807) is 4.68 Å². The Bertz CT molecular complexity index is 1070. The normalized spacial score (nSPS) is 10.8. The molecule has 4 heteroatoms. The van der Waals surface area contributed by atoms with Crippen molar-refractivity contribution in [1.82, 2.24) is 9.36 Å². The second-order valence-corrected chi connectivity index (χ2v) is 6.06. The highest BCUT2D eigenvalue weighted by atomic mass is 16.3. The number of benzene rings is 3. The van der Waals surface area contributed by atoms with Gasteiger partial charge in [0, 0.05) is 6.42 Å². The summed E-state index contributed by atoms with van der Waals surface area (Å²) in [6, 6.07) is 28.4. The number of hydrogen-bond donors (Lipinski definition) is 1. The fourth-order valence-corrected chi connectivity index (χ4v) is 3.10. The molecule has 4 rings (SSSR count). The molecule has 0 spiro atoms. The van der Waals surface area contributed by atoms with Crippen molar-refractivity contribution in [3.8, 4) is 17.3 Å². The summed E-state index contributed by atoms with van der Waals surface area (Å²) < 4.78 is 3.08. The molecule has 0 aliphatic carbocycles. The van der Waals surface area contributed by atoms with Crippen LogP contribution in [-0.4, -0.2) is 14.5 Å². The highest BCUT2D eigenvalue weighted by Gasteiger charge is 2.21. The molecule has 1 N–H and O–H groups in total. The summed E-state index contributed by atoms with van der Waals surface area (Å²) in [5.74, 6) is -0.0334. The molecule has 0 saturated heterocycles. The monoisotopic (exact) mass is 342 g/mol. The lowest BCUT2D eigenvalue weighted by molar-refractivity contribution is 0.421. The van der Waals surface area contributed by atoms with E-state index in [-0.39, 0.29) is 11.4 Å². The van der Waals surface area contributed by atoms with E-state index >= 15 is 0 Å². The van der Waals surface area contributed by atoms with Crippen LogP contribution in [0.2, 0.25) is 0 Å². The Labute approximate surface area is 151 Å². The standard InChI is InChI=1S/C22H18N2O2/c25-21-20(16-17-10-4-1-5-11-17)22(26)24(19-14-8-3-9-15-19)23(21)18-12-6-2-7-13-18/h1-15,25H,16H2. The minimum atomic E-state index is -0.221. The van der Waals surface area contributed by atoms with E-state index in [0.717, 1.165) is 11.3 Å². The SMILES string of the molecule is O=c1c(Cc2ccccc2)c(O)n(-c2ccccc2)n1-c1ccccc1. The third kappa shape index (κ3) is 2.82. The van der Waals surface area contributed by atoms with Crippen LogP contribution in [0.4, 0.5) is 0 Å². The first kappa shape index (κ1) is 16.0. The molecular weight excluding hydrogens is 324 g/mol. The van der Waals surface area contributed by atoms with Gasteiger partial charge < -0.3 is 5.11 Å². The number of aromatic hydroxyl groups is 1. The number of nitrogens with zero attached hydrogens (tertiary/aromatic N) is 2. The van der Waals surface area contributed by atoms with Gasteiger partial charge >= 0.3 is 0 Å². The van der Waals surface area contributed by atoms with Gasteiger partial charge in [0.25, 0.3) is 5.56 Å². The van der Waals surface area contributed by atoms with Crippen LogP contribution in [0.1, 0.15) is 11.1 Å². The lowest BCUT2D eigenvalue weighted by Crippen LogP contribution is -2.21. The van der Waals surface area contributed by atoms with E-state index in [1.165, 1.54) is 4.68 Å². The van der Waals surface area contributed by atoms with Crippen LogP contribution in [-0.2, 0) is 6.42 Å². The fraction of sp³-hybridized carbons (Fsp3) is 0.0455. The summed E-state index contributed by atoms with van der Waals surface area (Å²) in [4.78, 5) is 13.2. The smallest absolute Gasteiger partial charge is 0.279 e. The van der Waals surface area contributed by atoms with E-state index in [9.17, 15) is 9.90 Å². The van der Waals surface area contributed by atoms with Crippen molar-refractivity contribution in [3.63, 3.8) is 0 Å². The maximum Gasteiger partial charge on any atom is 0.279 e. The quantitative estimate of drug-likeness (QED) is 0.611. The topological polar surface area (TPSA) is 47.2 Å². The molecule has 26 heavy (non-hydrogen) atoms. The van der Waals surface area contributed by atoms with Crippen molar-refractivity contribution >= 4 is 0 Å². The van der Waals surface area contributed by atoms with Gasteiger partial charge in [-0.15, -0.1) is 0 Å². The van der Waals surface area contributed by atoms with Gasteiger partial charge in [0.1, 0.15) is 0 Å². The molecule has 0 atom stereocenters. The van der Waals surface area contributed by atoms with Crippen molar-refractivity contribution in [2.45, 2.75) is 6.42 Å². The molecule has 0 unspecified atom stereocenters. The zero-order chi connectivity index (χ0) is 17.9. The van der Waals surface area contributed by atoms with Crippen LogP contribution in [0.15, 0.2) is 95.8 Å². The molecule has 0 radical (unpaired) electrons. The zero-order valence-corrected chi connectivity index (χ0v) is 14.1. The van der Waals surface area contributed by atoms with E-state index in [1.807, 2.05) is 91.0 Å². The predicted octanol–water partition coefficient (Wildman–Crippen LogP) is 3.92. The largest absolute Gasteiger partial charge is 0.493 e. The molecule has 4 aromatic rings. The Balaban J connectivity index is 1.95. The second-order valence-electron chi connectivity index (χ2n) is 6.06. The van der Waals surface area contributed by atoms with Gasteiger partial charge in [-0.2, -0.15) is 0 Å². The molecule has 1 aromatic heterocycles. The first-order valence-electron chi connectivity index (χ1n) is 8.46. The third-order valence-electron chi connectivity index (χ3n) is 4.35. The summed E-state index contributed by atoms with van der Waals surface area (Å²) in [5.41, 5.74) is 2.57. The van der Waals surface area contributed by atoms with E-state index in [4.69, 9.17) is 0 Å². The zero-order valence-electron chi connectivity index (χ0n) is 14.1. The van der Waals surface area contributed by atoms with Gasteiger partial charge in [-0.05, 0) is 29.8 Å². The Hall–Kier alpha value is -3.53. The summed E-state index contributed by atoms with van der Waals surface area (Å²) in [6.45, 7) is 0. The van der Waals surface area contributed by atoms with Crippen LogP contribution in [0.5, 0.6) is 5.88 Å². The first-order chi connectivity index (χ1) is 12.8. The molecule has 128 valence electrons. The minimum Gasteiger partial charge on any atom is -0.493 e. The van der Waals surface area contributed by atoms with Crippen molar-refractivity contribution in [3.05, 3.63) is 112 Å². The number of rotatable bonds is 4. The lowest BCUT2D eigenvalue weighted by Gasteiger charge is -2.12. The van der Waals surface area contributed by atoms with E-state index < -0.39 is 0 Å². The van der Waals surface area contributed by atoms with Crippen molar-refractivity contribution < 1.29 is 5.11 Å². The van der Waals surface area contributed by atoms with E-state index in [2.05, 4.69) is 0 Å². The van der Waals surface area contributed by atoms with Gasteiger partial charge in [0.15, 0.2) is 0 Å². The first-order valence-corrected chi connectivity index (χ1v) is 8.46. The Morgan fingerprint density at radius 2 is 1.12 bits per heavy atom. The Kier molecular flexibility index (Phi) is 4.15. The molecular formula is C22H18N2O2. The number of hydrogen-bond acceptors (Lipinski definition) is 2. The molecule has 0 saturated carbocycles. The summed E-state index contributed by atoms with van der Waals surface area (Å²) in [7, 11) is 0. The average molecular weight is 342 g/mol. The molecule has 0 amide bonds. The van der Waals surface area contributed by atoms with Crippen LogP contribution in [0.25, 0.3) is 11.4 Å². The van der Waals surface area contributed by atoms with Crippen LogP contribution >= 0.6 is 0 Å². The highest BCUT2D eigenvalue weighted by Crippen LogP contribution is 2.24. The van der Waals surface area contributed by atoms with Gasteiger partial charge in [0.05, 0.1) is 16.9 Å². The summed E-state index contributed by atoms with van der Waals surface area (Å²) >= 11 is 0. The van der Waals surface area contributed by atoms with Crippen molar-refractivity contribution in [2.24, 2.45) is 0 Å². The van der Waals surface area contributed by atoms with Crippen molar-refractivity contribution in [1.29, 1.82) is 0 Å². The molecule has 0 fully saturated rings. The average Bonchev–Trinajstić information content (AvgIpc) is 2.95. The Morgan fingerprint density at radius 1 is 0.654 bits per heavy atom. The molecule has 0 bridgehead atoms. The van der Waals surface area contributed by atoms with Gasteiger partial charge in [-0.1, -0.05) is 66.7 Å². The molecule has 1 heterocycles. The van der Waals surface area contributed by atoms with Crippen LogP contribution in [0.3, 0.4) is 0 Å². The van der Waals surface area contributed by atoms with Crippen LogP contribution in [0, 0.1) is 0 Å². The predicted molar refractivity (Wildman–Crippen MR) is 102 cm³/mol. The van der Waals surface area contributed by atoms with Crippen molar-refractivity contribution in [2.75, 3.05) is 0 Å².